The number of ether oxygens (including phenoxy) is 2. The molecular weight excluding hydrogens is 548 g/mol. The fraction of sp³-hybridized carbons (Fsp3) is 0.441. The molecule has 1 N–H and O–H groups in total. The van der Waals surface area contributed by atoms with E-state index in [1.807, 2.05) is 58.9 Å². The summed E-state index contributed by atoms with van der Waals surface area (Å²) in [5, 5.41) is 9.68. The molecule has 1 saturated heterocycles. The van der Waals surface area contributed by atoms with Crippen molar-refractivity contribution in [3.8, 4) is 11.1 Å². The van der Waals surface area contributed by atoms with E-state index in [4.69, 9.17) is 13.9 Å². The first kappa shape index (κ1) is 30.2. The number of carbonyl (C=O) groups excluding carboxylic acids is 2. The lowest BCUT2D eigenvalue weighted by Crippen LogP contribution is -2.57. The summed E-state index contributed by atoms with van der Waals surface area (Å²) in [7, 11) is 0. The molecule has 2 amide bonds. The van der Waals surface area contributed by atoms with Gasteiger partial charge < -0.3 is 23.9 Å². The van der Waals surface area contributed by atoms with E-state index in [0.717, 1.165) is 22.3 Å². The molecule has 5 rings (SSSR count). The summed E-state index contributed by atoms with van der Waals surface area (Å²) in [6.45, 7) is 9.84. The average Bonchev–Trinajstić information content (AvgIpc) is 3.53. The summed E-state index contributed by atoms with van der Waals surface area (Å²) < 4.78 is 17.6. The first-order valence-electron chi connectivity index (χ1n) is 14.9. The van der Waals surface area contributed by atoms with Crippen molar-refractivity contribution in [2.75, 3.05) is 13.2 Å². The number of aryl methyl sites for hydroxylation is 1. The van der Waals surface area contributed by atoms with E-state index in [0.29, 0.717) is 37.3 Å². The van der Waals surface area contributed by atoms with Crippen LogP contribution in [-0.2, 0) is 22.4 Å². The van der Waals surface area contributed by atoms with Crippen LogP contribution >= 0.6 is 0 Å². The molecule has 1 fully saturated rings. The molecule has 0 bridgehead atoms. The summed E-state index contributed by atoms with van der Waals surface area (Å²) in [6.07, 6.45) is 0.726. The maximum absolute atomic E-state index is 14.0. The molecule has 0 spiro atoms. The van der Waals surface area contributed by atoms with E-state index in [-0.39, 0.29) is 30.7 Å². The highest BCUT2D eigenvalue weighted by molar-refractivity contribution is 5.89. The van der Waals surface area contributed by atoms with Crippen molar-refractivity contribution in [1.82, 2.24) is 9.80 Å². The van der Waals surface area contributed by atoms with Gasteiger partial charge in [-0.2, -0.15) is 0 Å². The molecule has 2 atom stereocenters. The number of carboxylic acid groups (broad SMARTS) is 1. The Bertz CT molecular complexity index is 1460. The molecule has 1 aliphatic heterocycles. The molecule has 0 unspecified atom stereocenters. The van der Waals surface area contributed by atoms with Crippen LogP contribution in [0, 0.1) is 0 Å². The molecule has 0 radical (unpaired) electrons. The lowest BCUT2D eigenvalue weighted by atomic mass is 9.96. The number of carboxylic acids is 1. The average molecular weight is 589 g/mol. The molecular formula is C34H40N2O7. The summed E-state index contributed by atoms with van der Waals surface area (Å²) in [6, 6.07) is 17.0. The topological polar surface area (TPSA) is 110 Å². The van der Waals surface area contributed by atoms with Gasteiger partial charge >= 0.3 is 18.2 Å². The molecule has 9 nitrogen and oxygen atoms in total. The zero-order chi connectivity index (χ0) is 30.9. The fourth-order valence-corrected chi connectivity index (χ4v) is 6.29. The molecule has 1 aliphatic carbocycles. The number of rotatable bonds is 7. The highest BCUT2D eigenvalue weighted by Crippen LogP contribution is 2.44. The van der Waals surface area contributed by atoms with E-state index in [1.54, 1.807) is 9.80 Å². The maximum Gasteiger partial charge on any atom is 0.410 e. The van der Waals surface area contributed by atoms with Gasteiger partial charge in [0.2, 0.25) is 0 Å². The van der Waals surface area contributed by atoms with Crippen LogP contribution in [0.1, 0.15) is 86.4 Å². The summed E-state index contributed by atoms with van der Waals surface area (Å²) >= 11 is 0. The highest BCUT2D eigenvalue weighted by atomic mass is 16.6. The number of hydrogen-bond acceptors (Lipinski definition) is 6. The van der Waals surface area contributed by atoms with Gasteiger partial charge in [-0.25, -0.2) is 14.4 Å². The third kappa shape index (κ3) is 6.26. The predicted octanol–water partition coefficient (Wildman–Crippen LogP) is 7.08. The number of benzene rings is 2. The van der Waals surface area contributed by atoms with Gasteiger partial charge in [0, 0.05) is 18.9 Å². The minimum absolute atomic E-state index is 0.00805. The Kier molecular flexibility index (Phi) is 8.53. The van der Waals surface area contributed by atoms with Crippen molar-refractivity contribution in [3.63, 3.8) is 0 Å². The van der Waals surface area contributed by atoms with Crippen LogP contribution in [0.5, 0.6) is 0 Å². The van der Waals surface area contributed by atoms with Crippen molar-refractivity contribution in [2.45, 2.75) is 84.0 Å². The van der Waals surface area contributed by atoms with Crippen LogP contribution in [-0.4, -0.2) is 63.9 Å². The van der Waals surface area contributed by atoms with Gasteiger partial charge in [0.15, 0.2) is 0 Å². The van der Waals surface area contributed by atoms with Crippen LogP contribution in [0.3, 0.4) is 0 Å². The normalized spacial score (nSPS) is 18.1. The summed E-state index contributed by atoms with van der Waals surface area (Å²) in [5.41, 5.74) is 3.90. The predicted molar refractivity (Wildman–Crippen MR) is 161 cm³/mol. The Hall–Kier alpha value is -4.27. The Morgan fingerprint density at radius 2 is 1.67 bits per heavy atom. The van der Waals surface area contributed by atoms with Gasteiger partial charge in [0.05, 0.1) is 18.6 Å². The van der Waals surface area contributed by atoms with Gasteiger partial charge in [-0.1, -0.05) is 55.5 Å². The van der Waals surface area contributed by atoms with Crippen molar-refractivity contribution in [1.29, 1.82) is 0 Å². The lowest BCUT2D eigenvalue weighted by Gasteiger charge is -2.44. The first-order valence-corrected chi connectivity index (χ1v) is 14.9. The standard InChI is InChI=1S/C34H40N2O7/c1-6-30-27(31(37)38)18-22(42-30)19-36(29-16-11-17-35(21(29)2)33(40)43-34(3,4)5)32(39)41-20-28-25-14-9-7-12-23(25)24-13-8-10-15-26(24)28/h7-10,12-15,18,21,28-29H,6,11,16-17,19-20H2,1-5H3,(H,37,38)/t21-,29+/m1/s1. The molecule has 228 valence electrons. The molecule has 43 heavy (non-hydrogen) atoms. The first-order chi connectivity index (χ1) is 20.5. The lowest BCUT2D eigenvalue weighted by molar-refractivity contribution is -0.0102. The number of fused-ring (bicyclic) bond motifs is 3. The molecule has 3 aromatic rings. The van der Waals surface area contributed by atoms with E-state index in [9.17, 15) is 19.5 Å². The van der Waals surface area contributed by atoms with Crippen molar-refractivity contribution >= 4 is 18.2 Å². The number of aromatic carboxylic acids is 1. The number of amides is 2. The number of furan rings is 1. The Morgan fingerprint density at radius 1 is 1.05 bits per heavy atom. The van der Waals surface area contributed by atoms with Crippen molar-refractivity contribution in [2.24, 2.45) is 0 Å². The smallest absolute Gasteiger partial charge is 0.410 e. The van der Waals surface area contributed by atoms with Crippen molar-refractivity contribution in [3.05, 3.63) is 82.8 Å². The molecule has 2 heterocycles. The van der Waals surface area contributed by atoms with Crippen LogP contribution < -0.4 is 0 Å². The van der Waals surface area contributed by atoms with Gasteiger partial charge in [-0.15, -0.1) is 0 Å². The summed E-state index contributed by atoms with van der Waals surface area (Å²) in [4.78, 5) is 42.2. The van der Waals surface area contributed by atoms with Gasteiger partial charge in [0.25, 0.3) is 0 Å². The van der Waals surface area contributed by atoms with Crippen molar-refractivity contribution < 1.29 is 33.4 Å². The molecule has 2 aliphatic rings. The largest absolute Gasteiger partial charge is 0.478 e. The second-order valence-electron chi connectivity index (χ2n) is 12.3. The van der Waals surface area contributed by atoms with Crippen LogP contribution in [0.2, 0.25) is 0 Å². The molecule has 0 saturated carbocycles. The SMILES string of the molecule is CCc1oc(CN(C(=O)OCC2c3ccccc3-c3ccccc32)[C@H]2CCCN(C(=O)OC(C)(C)C)[C@@H]2C)cc1C(=O)O. The quantitative estimate of drug-likeness (QED) is 0.314. The number of likely N-dealkylation sites (tertiary alicyclic amines) is 1. The minimum Gasteiger partial charge on any atom is -0.478 e. The monoisotopic (exact) mass is 588 g/mol. The van der Waals surface area contributed by atoms with E-state index >= 15 is 0 Å². The van der Waals surface area contributed by atoms with Gasteiger partial charge in [-0.05, 0) is 68.9 Å². The van der Waals surface area contributed by atoms with Crippen LogP contribution in [0.4, 0.5) is 9.59 Å². The number of piperidine rings is 1. The summed E-state index contributed by atoms with van der Waals surface area (Å²) in [5.74, 6) is -0.498. The van der Waals surface area contributed by atoms with Crippen LogP contribution in [0.15, 0.2) is 59.0 Å². The number of hydrogen-bond donors (Lipinski definition) is 1. The maximum atomic E-state index is 14.0. The zero-order valence-corrected chi connectivity index (χ0v) is 25.5. The number of nitrogens with zero attached hydrogens (tertiary/aromatic N) is 2. The number of carbonyl (C=O) groups is 3. The minimum atomic E-state index is -1.08. The van der Waals surface area contributed by atoms with Crippen LogP contribution in [0.25, 0.3) is 11.1 Å². The molecule has 9 heteroatoms. The van der Waals surface area contributed by atoms with E-state index in [1.165, 1.54) is 6.07 Å². The van der Waals surface area contributed by atoms with Gasteiger partial charge in [0.1, 0.15) is 29.3 Å². The highest BCUT2D eigenvalue weighted by Gasteiger charge is 2.40. The molecule has 1 aromatic heterocycles. The second-order valence-corrected chi connectivity index (χ2v) is 12.3. The Labute approximate surface area is 252 Å². The molecule has 2 aromatic carbocycles. The third-order valence-corrected chi connectivity index (χ3v) is 8.28. The second kappa shape index (κ2) is 12.1. The van der Waals surface area contributed by atoms with Gasteiger partial charge in [-0.3, -0.25) is 4.90 Å². The van der Waals surface area contributed by atoms with E-state index < -0.39 is 29.8 Å². The Morgan fingerprint density at radius 3 is 2.23 bits per heavy atom. The zero-order valence-electron chi connectivity index (χ0n) is 25.5. The van der Waals surface area contributed by atoms with E-state index in [2.05, 4.69) is 24.3 Å². The fourth-order valence-electron chi connectivity index (χ4n) is 6.29. The third-order valence-electron chi connectivity index (χ3n) is 8.28. The Balaban J connectivity index is 1.42.